The summed E-state index contributed by atoms with van der Waals surface area (Å²) >= 11 is 0. The van der Waals surface area contributed by atoms with Crippen LogP contribution in [0.15, 0.2) is 72.9 Å². The first-order chi connectivity index (χ1) is 17.0. The number of benzene rings is 2. The maximum Gasteiger partial charge on any atom is 0.255 e. The van der Waals surface area contributed by atoms with Crippen molar-refractivity contribution in [3.05, 3.63) is 89.7 Å². The predicted octanol–water partition coefficient (Wildman–Crippen LogP) is 5.87. The fraction of sp³-hybridized carbons (Fsp3) is 0.400. The Balaban J connectivity index is 1.37. The summed E-state index contributed by atoms with van der Waals surface area (Å²) in [4.78, 5) is 22.3. The minimum atomic E-state index is -0.0876. The fourth-order valence-electron chi connectivity index (χ4n) is 5.84. The number of piperazine rings is 1. The summed E-state index contributed by atoms with van der Waals surface area (Å²) in [6.07, 6.45) is 6.51. The van der Waals surface area contributed by atoms with Crippen molar-refractivity contribution >= 4 is 17.3 Å². The van der Waals surface area contributed by atoms with Crippen molar-refractivity contribution in [1.82, 2.24) is 9.88 Å². The zero-order valence-corrected chi connectivity index (χ0v) is 20.9. The van der Waals surface area contributed by atoms with Crippen molar-refractivity contribution in [2.24, 2.45) is 5.92 Å². The molecule has 0 unspecified atom stereocenters. The Labute approximate surface area is 209 Å². The number of nitrogens with one attached hydrogen (secondary N) is 1. The summed E-state index contributed by atoms with van der Waals surface area (Å²) in [5.41, 5.74) is 5.03. The summed E-state index contributed by atoms with van der Waals surface area (Å²) < 4.78 is 0. The van der Waals surface area contributed by atoms with Gasteiger partial charge in [-0.25, -0.2) is 0 Å². The van der Waals surface area contributed by atoms with Crippen LogP contribution in [0.2, 0.25) is 0 Å². The average molecular weight is 469 g/mol. The zero-order valence-electron chi connectivity index (χ0n) is 20.9. The molecule has 1 aliphatic heterocycles. The van der Waals surface area contributed by atoms with Gasteiger partial charge >= 0.3 is 0 Å². The maximum absolute atomic E-state index is 12.9. The van der Waals surface area contributed by atoms with Crippen LogP contribution in [0, 0.1) is 12.8 Å². The van der Waals surface area contributed by atoms with Crippen LogP contribution in [0.5, 0.6) is 0 Å². The molecule has 1 saturated carbocycles. The van der Waals surface area contributed by atoms with Crippen LogP contribution >= 0.6 is 0 Å². The summed E-state index contributed by atoms with van der Waals surface area (Å²) in [5.74, 6) is 0.682. The number of rotatable bonds is 5. The van der Waals surface area contributed by atoms with Crippen LogP contribution < -0.4 is 10.2 Å². The van der Waals surface area contributed by atoms with E-state index in [1.807, 2.05) is 19.1 Å². The van der Waals surface area contributed by atoms with Crippen molar-refractivity contribution in [3.8, 4) is 0 Å². The van der Waals surface area contributed by atoms with Crippen LogP contribution in [0.25, 0.3) is 0 Å². The van der Waals surface area contributed by atoms with Gasteiger partial charge in [0.15, 0.2) is 0 Å². The average Bonchev–Trinajstić information content (AvgIpc) is 2.90. The van der Waals surface area contributed by atoms with Gasteiger partial charge in [-0.1, -0.05) is 37.3 Å². The molecule has 35 heavy (non-hydrogen) atoms. The van der Waals surface area contributed by atoms with E-state index in [0.717, 1.165) is 43.5 Å². The first kappa shape index (κ1) is 23.6. The molecule has 0 spiro atoms. The molecule has 1 aromatic heterocycles. The third kappa shape index (κ3) is 5.10. The normalized spacial score (nSPS) is 23.1. The minimum Gasteiger partial charge on any atom is -0.369 e. The van der Waals surface area contributed by atoms with E-state index in [1.54, 1.807) is 12.3 Å². The second-order valence-electron chi connectivity index (χ2n) is 10.2. The topological polar surface area (TPSA) is 48.5 Å². The van der Waals surface area contributed by atoms with E-state index in [1.165, 1.54) is 36.9 Å². The number of para-hydroxylation sites is 1. The van der Waals surface area contributed by atoms with Crippen molar-refractivity contribution in [3.63, 3.8) is 0 Å². The molecule has 2 aliphatic rings. The maximum atomic E-state index is 12.9. The third-order valence-electron chi connectivity index (χ3n) is 7.92. The van der Waals surface area contributed by atoms with Gasteiger partial charge in [-0.15, -0.1) is 0 Å². The zero-order chi connectivity index (χ0) is 24.3. The number of pyridine rings is 1. The lowest BCUT2D eigenvalue weighted by Gasteiger charge is -2.51. The van der Waals surface area contributed by atoms with E-state index >= 15 is 0 Å². The summed E-state index contributed by atoms with van der Waals surface area (Å²) in [5, 5.41) is 3.13. The molecule has 2 heterocycles. The number of hydrogen-bond acceptors (Lipinski definition) is 4. The molecule has 182 valence electrons. The number of carbonyl (C=O) groups excluding carboxylic acids is 1. The van der Waals surface area contributed by atoms with Gasteiger partial charge in [0.1, 0.15) is 0 Å². The van der Waals surface area contributed by atoms with E-state index in [-0.39, 0.29) is 11.4 Å². The monoisotopic (exact) mass is 468 g/mol. The second kappa shape index (κ2) is 10.2. The van der Waals surface area contributed by atoms with Crippen molar-refractivity contribution < 1.29 is 4.79 Å². The van der Waals surface area contributed by atoms with Gasteiger partial charge in [0.25, 0.3) is 5.91 Å². The van der Waals surface area contributed by atoms with Crippen LogP contribution in [-0.2, 0) is 5.54 Å². The molecule has 5 heteroatoms. The van der Waals surface area contributed by atoms with Gasteiger partial charge in [-0.2, -0.15) is 0 Å². The highest BCUT2D eigenvalue weighted by atomic mass is 16.1. The van der Waals surface area contributed by atoms with Gasteiger partial charge < -0.3 is 10.2 Å². The highest BCUT2D eigenvalue weighted by Crippen LogP contribution is 2.45. The number of carbonyl (C=O) groups is 1. The van der Waals surface area contributed by atoms with Crippen molar-refractivity contribution in [1.29, 1.82) is 0 Å². The van der Waals surface area contributed by atoms with E-state index < -0.39 is 0 Å². The number of aryl methyl sites for hydroxylation is 1. The highest BCUT2D eigenvalue weighted by Gasteiger charge is 2.42. The Kier molecular flexibility index (Phi) is 6.87. The minimum absolute atomic E-state index is 0.0310. The van der Waals surface area contributed by atoms with Gasteiger partial charge in [-0.3, -0.25) is 14.7 Å². The molecule has 1 aliphatic carbocycles. The van der Waals surface area contributed by atoms with E-state index in [9.17, 15) is 4.79 Å². The Morgan fingerprint density at radius 1 is 0.943 bits per heavy atom. The molecule has 0 bridgehead atoms. The second-order valence-corrected chi connectivity index (χ2v) is 10.2. The molecule has 1 saturated heterocycles. The van der Waals surface area contributed by atoms with E-state index in [0.29, 0.717) is 5.56 Å². The number of anilines is 2. The number of amides is 1. The first-order valence-electron chi connectivity index (χ1n) is 12.9. The molecule has 2 aromatic carbocycles. The smallest absolute Gasteiger partial charge is 0.255 e. The Morgan fingerprint density at radius 3 is 2.40 bits per heavy atom. The molecule has 1 amide bonds. The van der Waals surface area contributed by atoms with Crippen LogP contribution in [0.3, 0.4) is 0 Å². The largest absolute Gasteiger partial charge is 0.369 e. The third-order valence-corrected chi connectivity index (χ3v) is 7.92. The number of nitrogens with zero attached hydrogens (tertiary/aromatic N) is 3. The molecule has 0 atom stereocenters. The van der Waals surface area contributed by atoms with Crippen LogP contribution in [0.4, 0.5) is 11.4 Å². The van der Waals surface area contributed by atoms with Gasteiger partial charge in [0.05, 0.1) is 0 Å². The Bertz CT molecular complexity index is 1150. The SMILES string of the molecule is Cc1cc(C(=O)Nc2cccc([C@]3(N4CCN(c5ccccc5)CC4)CC[C@H](C)CC3)c2)ccn1. The summed E-state index contributed by atoms with van der Waals surface area (Å²) in [6, 6.07) is 22.9. The highest BCUT2D eigenvalue weighted by molar-refractivity contribution is 6.04. The van der Waals surface area contributed by atoms with Crippen molar-refractivity contribution in [2.75, 3.05) is 36.4 Å². The first-order valence-corrected chi connectivity index (χ1v) is 12.9. The molecule has 2 fully saturated rings. The lowest BCUT2D eigenvalue weighted by Crippen LogP contribution is -2.56. The molecule has 1 N–H and O–H groups in total. The summed E-state index contributed by atoms with van der Waals surface area (Å²) in [7, 11) is 0. The number of aromatic nitrogens is 1. The Hall–Kier alpha value is -3.18. The molecule has 0 radical (unpaired) electrons. The number of hydrogen-bond donors (Lipinski definition) is 1. The van der Waals surface area contributed by atoms with E-state index in [2.05, 4.69) is 75.6 Å². The quantitative estimate of drug-likeness (QED) is 0.509. The van der Waals surface area contributed by atoms with Crippen LogP contribution in [-0.4, -0.2) is 42.0 Å². The molecule has 3 aromatic rings. The molecule has 5 rings (SSSR count). The van der Waals surface area contributed by atoms with Crippen molar-refractivity contribution in [2.45, 2.75) is 45.1 Å². The van der Waals surface area contributed by atoms with Crippen LogP contribution in [0.1, 0.15) is 54.2 Å². The fourth-order valence-corrected chi connectivity index (χ4v) is 5.84. The molecular weight excluding hydrogens is 432 g/mol. The van der Waals surface area contributed by atoms with Gasteiger partial charge in [-0.05, 0) is 80.5 Å². The van der Waals surface area contributed by atoms with E-state index in [4.69, 9.17) is 0 Å². The van der Waals surface area contributed by atoms with Gasteiger partial charge in [0.2, 0.25) is 0 Å². The molecular formula is C30H36N4O. The lowest BCUT2D eigenvalue weighted by molar-refractivity contribution is 0.0299. The standard InChI is InChI=1S/C30H36N4O/c1-23-11-14-30(15-12-23,34-19-17-33(18-20-34)28-9-4-3-5-10-28)26-7-6-8-27(22-26)32-29(35)25-13-16-31-24(2)21-25/h3-10,13,16,21-23H,11-12,14-15,17-20H2,1-2H3,(H,32,35)/t23-,30-. The molecule has 5 nitrogen and oxygen atoms in total. The summed E-state index contributed by atoms with van der Waals surface area (Å²) in [6.45, 7) is 8.47. The predicted molar refractivity (Wildman–Crippen MR) is 143 cm³/mol. The Morgan fingerprint density at radius 2 is 1.69 bits per heavy atom. The lowest BCUT2D eigenvalue weighted by atomic mass is 9.71. The van der Waals surface area contributed by atoms with Gasteiger partial charge in [0, 0.05) is 60.5 Å².